The fourth-order valence-corrected chi connectivity index (χ4v) is 3.11. The summed E-state index contributed by atoms with van der Waals surface area (Å²) in [6, 6.07) is 7.25. The molecule has 0 aliphatic heterocycles. The van der Waals surface area contributed by atoms with Crippen LogP contribution in [0.4, 0.5) is 23.3 Å². The third-order valence-corrected chi connectivity index (χ3v) is 4.55. The third-order valence-electron chi connectivity index (χ3n) is 4.55. The van der Waals surface area contributed by atoms with Crippen LogP contribution in [0.3, 0.4) is 0 Å². The van der Waals surface area contributed by atoms with Gasteiger partial charge in [0.2, 0.25) is 5.95 Å². The summed E-state index contributed by atoms with van der Waals surface area (Å²) in [6.07, 6.45) is 4.79. The van der Waals surface area contributed by atoms with Crippen molar-refractivity contribution in [2.24, 2.45) is 14.1 Å². The molecule has 3 aromatic heterocycles. The van der Waals surface area contributed by atoms with Crippen molar-refractivity contribution in [1.29, 1.82) is 0 Å². The molecule has 3 heterocycles. The van der Waals surface area contributed by atoms with Crippen molar-refractivity contribution in [2.75, 3.05) is 24.4 Å². The average Bonchev–Trinajstić information content (AvgIpc) is 3.41. The van der Waals surface area contributed by atoms with Crippen LogP contribution in [0.5, 0.6) is 5.75 Å². The van der Waals surface area contributed by atoms with Gasteiger partial charge in [0, 0.05) is 32.6 Å². The van der Waals surface area contributed by atoms with Gasteiger partial charge in [-0.1, -0.05) is 6.07 Å². The summed E-state index contributed by atoms with van der Waals surface area (Å²) in [5.41, 5.74) is 1.42. The lowest BCUT2D eigenvalue weighted by Crippen LogP contribution is -2.12. The first-order valence-electron chi connectivity index (χ1n) is 10.1. The van der Waals surface area contributed by atoms with Gasteiger partial charge >= 0.3 is 5.97 Å². The van der Waals surface area contributed by atoms with Gasteiger partial charge in [-0.15, -0.1) is 0 Å². The quantitative estimate of drug-likeness (QED) is 0.387. The van der Waals surface area contributed by atoms with Gasteiger partial charge in [-0.25, -0.2) is 14.8 Å². The topological polar surface area (TPSA) is 134 Å². The van der Waals surface area contributed by atoms with Gasteiger partial charge in [-0.2, -0.15) is 15.2 Å². The normalized spacial score (nSPS) is 10.7. The zero-order valence-electron chi connectivity index (χ0n) is 18.6. The van der Waals surface area contributed by atoms with E-state index >= 15 is 0 Å². The summed E-state index contributed by atoms with van der Waals surface area (Å²) in [5.74, 6) is 1.51. The third kappa shape index (κ3) is 4.74. The van der Waals surface area contributed by atoms with E-state index in [9.17, 15) is 4.79 Å². The number of carbonyl (C=O) groups is 1. The fourth-order valence-electron chi connectivity index (χ4n) is 3.11. The molecule has 0 unspecified atom stereocenters. The molecular weight excluding hydrogens is 426 g/mol. The Kier molecular flexibility index (Phi) is 6.15. The maximum absolute atomic E-state index is 12.5. The first kappa shape index (κ1) is 21.7. The van der Waals surface area contributed by atoms with Crippen molar-refractivity contribution in [3.05, 3.63) is 48.5 Å². The highest BCUT2D eigenvalue weighted by Crippen LogP contribution is 2.36. The Labute approximate surface area is 189 Å². The van der Waals surface area contributed by atoms with Crippen molar-refractivity contribution in [2.45, 2.75) is 6.92 Å². The molecule has 170 valence electrons. The minimum absolute atomic E-state index is 0.173. The number of carbonyl (C=O) groups excluding carboxylic acids is 1. The SMILES string of the molecule is CCOC(=O)c1cnc(Nc2ccn(C)n2)nc1Nc1cccc(-c2ncn(C)n2)c1OC. The minimum atomic E-state index is -0.550. The van der Waals surface area contributed by atoms with Crippen LogP contribution in [0, 0.1) is 0 Å². The second kappa shape index (κ2) is 9.34. The van der Waals surface area contributed by atoms with Crippen LogP contribution in [0.2, 0.25) is 0 Å². The van der Waals surface area contributed by atoms with Crippen LogP contribution in [0.25, 0.3) is 11.4 Å². The van der Waals surface area contributed by atoms with E-state index in [0.717, 1.165) is 0 Å². The molecule has 0 aliphatic carbocycles. The Bertz CT molecular complexity index is 1280. The molecule has 1 aromatic carbocycles. The highest BCUT2D eigenvalue weighted by atomic mass is 16.5. The van der Waals surface area contributed by atoms with Gasteiger partial charge in [0.05, 0.1) is 25.0 Å². The van der Waals surface area contributed by atoms with E-state index in [0.29, 0.717) is 28.6 Å². The monoisotopic (exact) mass is 449 g/mol. The maximum Gasteiger partial charge on any atom is 0.343 e. The number of nitrogens with zero attached hydrogens (tertiary/aromatic N) is 7. The Morgan fingerprint density at radius 3 is 2.61 bits per heavy atom. The number of ether oxygens (including phenoxy) is 2. The number of hydrogen-bond donors (Lipinski definition) is 2. The lowest BCUT2D eigenvalue weighted by atomic mass is 10.1. The molecular formula is C21H23N9O3. The molecule has 0 aliphatic rings. The zero-order valence-corrected chi connectivity index (χ0v) is 18.6. The van der Waals surface area contributed by atoms with Gasteiger partial charge in [0.25, 0.3) is 0 Å². The van der Waals surface area contributed by atoms with E-state index in [-0.39, 0.29) is 23.9 Å². The number of aryl methyl sites for hydroxylation is 2. The van der Waals surface area contributed by atoms with Crippen molar-refractivity contribution in [1.82, 2.24) is 34.5 Å². The average molecular weight is 449 g/mol. The van der Waals surface area contributed by atoms with E-state index in [1.165, 1.54) is 6.20 Å². The van der Waals surface area contributed by atoms with E-state index in [4.69, 9.17) is 9.47 Å². The Morgan fingerprint density at radius 1 is 1.09 bits per heavy atom. The molecule has 0 spiro atoms. The van der Waals surface area contributed by atoms with Crippen molar-refractivity contribution in [3.63, 3.8) is 0 Å². The lowest BCUT2D eigenvalue weighted by molar-refractivity contribution is 0.0526. The van der Waals surface area contributed by atoms with Gasteiger partial charge < -0.3 is 20.1 Å². The molecule has 0 saturated heterocycles. The first-order valence-corrected chi connectivity index (χ1v) is 10.1. The van der Waals surface area contributed by atoms with Crippen LogP contribution in [-0.4, -0.2) is 54.2 Å². The number of anilines is 4. The summed E-state index contributed by atoms with van der Waals surface area (Å²) in [5, 5.41) is 14.8. The predicted octanol–water partition coefficient (Wildman–Crippen LogP) is 2.68. The van der Waals surface area contributed by atoms with E-state index in [1.54, 1.807) is 62.1 Å². The number of para-hydroxylation sites is 1. The van der Waals surface area contributed by atoms with E-state index in [1.807, 2.05) is 12.1 Å². The molecule has 0 bridgehead atoms. The van der Waals surface area contributed by atoms with Gasteiger partial charge in [0.15, 0.2) is 23.2 Å². The van der Waals surface area contributed by atoms with Crippen LogP contribution in [0.15, 0.2) is 43.0 Å². The van der Waals surface area contributed by atoms with Crippen LogP contribution in [0.1, 0.15) is 17.3 Å². The van der Waals surface area contributed by atoms with Crippen molar-refractivity contribution in [3.8, 4) is 17.1 Å². The molecule has 0 fully saturated rings. The van der Waals surface area contributed by atoms with E-state index < -0.39 is 5.97 Å². The molecule has 0 amide bonds. The predicted molar refractivity (Wildman–Crippen MR) is 121 cm³/mol. The largest absolute Gasteiger partial charge is 0.494 e. The van der Waals surface area contributed by atoms with Crippen molar-refractivity contribution >= 4 is 29.2 Å². The summed E-state index contributed by atoms with van der Waals surface area (Å²) in [6.45, 7) is 1.95. The molecule has 33 heavy (non-hydrogen) atoms. The Balaban J connectivity index is 1.73. The summed E-state index contributed by atoms with van der Waals surface area (Å²) in [4.78, 5) is 25.6. The number of methoxy groups -OCH3 is 1. The number of aromatic nitrogens is 7. The van der Waals surface area contributed by atoms with Gasteiger partial charge in [-0.3, -0.25) is 9.36 Å². The summed E-state index contributed by atoms with van der Waals surface area (Å²) in [7, 11) is 5.14. The Hall–Kier alpha value is -4.48. The smallest absolute Gasteiger partial charge is 0.343 e. The van der Waals surface area contributed by atoms with Crippen LogP contribution < -0.4 is 15.4 Å². The number of nitrogens with one attached hydrogen (secondary N) is 2. The highest BCUT2D eigenvalue weighted by molar-refractivity contribution is 5.96. The van der Waals surface area contributed by atoms with Crippen LogP contribution >= 0.6 is 0 Å². The van der Waals surface area contributed by atoms with Gasteiger partial charge in [-0.05, 0) is 19.1 Å². The highest BCUT2D eigenvalue weighted by Gasteiger charge is 2.20. The number of esters is 1. The number of benzene rings is 1. The molecule has 4 rings (SSSR count). The molecule has 0 radical (unpaired) electrons. The zero-order chi connectivity index (χ0) is 23.4. The minimum Gasteiger partial charge on any atom is -0.494 e. The molecule has 0 atom stereocenters. The summed E-state index contributed by atoms with van der Waals surface area (Å²) >= 11 is 0. The molecule has 12 nitrogen and oxygen atoms in total. The van der Waals surface area contributed by atoms with Gasteiger partial charge in [0.1, 0.15) is 11.9 Å². The van der Waals surface area contributed by atoms with Crippen molar-refractivity contribution < 1.29 is 14.3 Å². The Morgan fingerprint density at radius 2 is 1.94 bits per heavy atom. The number of rotatable bonds is 8. The molecule has 0 saturated carbocycles. The maximum atomic E-state index is 12.5. The summed E-state index contributed by atoms with van der Waals surface area (Å²) < 4.78 is 14.1. The molecule has 4 aromatic rings. The van der Waals surface area contributed by atoms with Crippen LogP contribution in [-0.2, 0) is 18.8 Å². The van der Waals surface area contributed by atoms with E-state index in [2.05, 4.69) is 35.8 Å². The lowest BCUT2D eigenvalue weighted by Gasteiger charge is -2.15. The second-order valence-corrected chi connectivity index (χ2v) is 6.93. The standard InChI is InChI=1S/C21H23N9O3/c1-5-33-20(31)14-11-22-21(25-16-9-10-29(2)27-16)26-19(14)24-15-8-6-7-13(17(15)32-4)18-23-12-30(3)28-18/h6-12H,5H2,1-4H3,(H2,22,24,25,26,27). The molecule has 2 N–H and O–H groups in total. The first-order chi connectivity index (χ1) is 16.0. The number of hydrogen-bond acceptors (Lipinski definition) is 10. The fraction of sp³-hybridized carbons (Fsp3) is 0.238. The molecule has 12 heteroatoms. The second-order valence-electron chi connectivity index (χ2n) is 6.93.